The quantitative estimate of drug-likeness (QED) is 0.785. The van der Waals surface area contributed by atoms with Crippen LogP contribution < -0.4 is 5.46 Å². The molecule has 1 aliphatic rings. The summed E-state index contributed by atoms with van der Waals surface area (Å²) in [5, 5.41) is 0. The van der Waals surface area contributed by atoms with E-state index in [1.54, 1.807) is 6.26 Å². The monoisotopic (exact) mass is 270 g/mol. The van der Waals surface area contributed by atoms with E-state index in [9.17, 15) is 0 Å². The highest BCUT2D eigenvalue weighted by molar-refractivity contribution is 6.63. The summed E-state index contributed by atoms with van der Waals surface area (Å²) < 4.78 is 17.8. The Morgan fingerprint density at radius 3 is 2.10 bits per heavy atom. The Labute approximate surface area is 120 Å². The van der Waals surface area contributed by atoms with Crippen LogP contribution in [-0.2, 0) is 9.31 Å². The zero-order valence-corrected chi connectivity index (χ0v) is 12.3. The van der Waals surface area contributed by atoms with Crippen LogP contribution >= 0.6 is 0 Å². The molecule has 2 heterocycles. The Hall–Kier alpha value is -1.52. The molecule has 2 aromatic rings. The van der Waals surface area contributed by atoms with E-state index in [1.807, 2.05) is 36.4 Å². The van der Waals surface area contributed by atoms with Crippen molar-refractivity contribution in [1.29, 1.82) is 0 Å². The van der Waals surface area contributed by atoms with E-state index in [4.69, 9.17) is 13.7 Å². The van der Waals surface area contributed by atoms with Gasteiger partial charge in [-0.2, -0.15) is 0 Å². The Balaban J connectivity index is 2.01. The number of hydrogen-bond donors (Lipinski definition) is 0. The Bertz CT molecular complexity index is 586. The summed E-state index contributed by atoms with van der Waals surface area (Å²) in [6.45, 7) is 8.23. The van der Waals surface area contributed by atoms with Crippen molar-refractivity contribution < 1.29 is 13.7 Å². The van der Waals surface area contributed by atoms with E-state index in [2.05, 4.69) is 27.7 Å². The van der Waals surface area contributed by atoms with Crippen molar-refractivity contribution >= 4 is 12.6 Å². The normalized spacial score (nSPS) is 20.3. The number of benzene rings is 1. The molecular weight excluding hydrogens is 251 g/mol. The smallest absolute Gasteiger partial charge is 0.464 e. The highest BCUT2D eigenvalue weighted by Gasteiger charge is 2.52. The van der Waals surface area contributed by atoms with Gasteiger partial charge in [-0.3, -0.25) is 0 Å². The van der Waals surface area contributed by atoms with E-state index in [-0.39, 0.29) is 18.3 Å². The van der Waals surface area contributed by atoms with Crippen LogP contribution in [0.5, 0.6) is 0 Å². The average Bonchev–Trinajstić information content (AvgIpc) is 2.97. The molecule has 0 spiro atoms. The third-order valence-corrected chi connectivity index (χ3v) is 4.25. The van der Waals surface area contributed by atoms with Crippen LogP contribution in [0.25, 0.3) is 11.3 Å². The maximum absolute atomic E-state index is 6.12. The van der Waals surface area contributed by atoms with E-state index in [1.165, 1.54) is 0 Å². The van der Waals surface area contributed by atoms with Gasteiger partial charge in [0.1, 0.15) is 5.76 Å². The van der Waals surface area contributed by atoms with Crippen molar-refractivity contribution in [2.24, 2.45) is 0 Å². The predicted octanol–water partition coefficient (Wildman–Crippen LogP) is 3.25. The van der Waals surface area contributed by atoms with Gasteiger partial charge in [0.2, 0.25) is 0 Å². The summed E-state index contributed by atoms with van der Waals surface area (Å²) in [4.78, 5) is 0. The Kier molecular flexibility index (Phi) is 3.03. The van der Waals surface area contributed by atoms with Gasteiger partial charge < -0.3 is 13.7 Å². The first-order valence-corrected chi connectivity index (χ1v) is 6.89. The molecule has 3 nitrogen and oxygen atoms in total. The lowest BCUT2D eigenvalue weighted by Crippen LogP contribution is -2.41. The molecule has 1 fully saturated rings. The van der Waals surface area contributed by atoms with Crippen molar-refractivity contribution in [2.45, 2.75) is 38.9 Å². The molecule has 0 unspecified atom stereocenters. The third kappa shape index (κ3) is 2.09. The van der Waals surface area contributed by atoms with Gasteiger partial charge in [0.05, 0.1) is 17.5 Å². The van der Waals surface area contributed by atoms with Crippen LogP contribution in [0.15, 0.2) is 47.1 Å². The lowest BCUT2D eigenvalue weighted by atomic mass is 9.75. The molecule has 0 atom stereocenters. The third-order valence-electron chi connectivity index (χ3n) is 4.25. The van der Waals surface area contributed by atoms with Crippen molar-refractivity contribution in [3.63, 3.8) is 0 Å². The highest BCUT2D eigenvalue weighted by atomic mass is 16.7. The second-order valence-corrected chi connectivity index (χ2v) is 6.15. The standard InChI is InChI=1S/C16H19BO3/c1-15(2)16(3,4)20-17(19-15)13-9-6-5-8-12(13)14-10-7-11-18-14/h5-11H,1-4H3. The fourth-order valence-electron chi connectivity index (χ4n) is 2.33. The van der Waals surface area contributed by atoms with Gasteiger partial charge in [0.15, 0.2) is 0 Å². The average molecular weight is 270 g/mol. The van der Waals surface area contributed by atoms with Gasteiger partial charge in [0, 0.05) is 5.56 Å². The van der Waals surface area contributed by atoms with Gasteiger partial charge in [-0.1, -0.05) is 24.3 Å². The van der Waals surface area contributed by atoms with E-state index in [0.29, 0.717) is 0 Å². The highest BCUT2D eigenvalue weighted by Crippen LogP contribution is 2.37. The first kappa shape index (κ1) is 13.5. The molecule has 20 heavy (non-hydrogen) atoms. The van der Waals surface area contributed by atoms with Crippen LogP contribution in [0.4, 0.5) is 0 Å². The molecule has 0 radical (unpaired) electrons. The minimum absolute atomic E-state index is 0.339. The van der Waals surface area contributed by atoms with E-state index in [0.717, 1.165) is 16.8 Å². The Morgan fingerprint density at radius 1 is 0.850 bits per heavy atom. The summed E-state index contributed by atoms with van der Waals surface area (Å²) in [5.41, 5.74) is 1.33. The van der Waals surface area contributed by atoms with Crippen molar-refractivity contribution in [2.75, 3.05) is 0 Å². The predicted molar refractivity (Wildman–Crippen MR) is 79.9 cm³/mol. The second kappa shape index (κ2) is 4.50. The maximum Gasteiger partial charge on any atom is 0.495 e. The molecule has 1 aromatic heterocycles. The fraction of sp³-hybridized carbons (Fsp3) is 0.375. The molecule has 1 aromatic carbocycles. The molecule has 1 aliphatic heterocycles. The van der Waals surface area contributed by atoms with Gasteiger partial charge in [-0.15, -0.1) is 0 Å². The number of hydrogen-bond acceptors (Lipinski definition) is 3. The molecule has 1 saturated heterocycles. The van der Waals surface area contributed by atoms with Crippen molar-refractivity contribution in [3.8, 4) is 11.3 Å². The summed E-state index contributed by atoms with van der Waals surface area (Å²) in [5.74, 6) is 0.829. The largest absolute Gasteiger partial charge is 0.495 e. The molecule has 0 N–H and O–H groups in total. The molecule has 3 rings (SSSR count). The fourth-order valence-corrected chi connectivity index (χ4v) is 2.33. The first-order valence-electron chi connectivity index (χ1n) is 6.89. The van der Waals surface area contributed by atoms with Gasteiger partial charge in [0.25, 0.3) is 0 Å². The van der Waals surface area contributed by atoms with Crippen LogP contribution in [0.2, 0.25) is 0 Å². The molecular formula is C16H19BO3. The zero-order valence-electron chi connectivity index (χ0n) is 12.3. The van der Waals surface area contributed by atoms with Crippen LogP contribution in [0.1, 0.15) is 27.7 Å². The van der Waals surface area contributed by atoms with Crippen molar-refractivity contribution in [3.05, 3.63) is 42.7 Å². The SMILES string of the molecule is CC1(C)OB(c2ccccc2-c2ccco2)OC1(C)C. The van der Waals surface area contributed by atoms with Crippen LogP contribution in [-0.4, -0.2) is 18.3 Å². The van der Waals surface area contributed by atoms with Crippen LogP contribution in [0.3, 0.4) is 0 Å². The van der Waals surface area contributed by atoms with Crippen molar-refractivity contribution in [1.82, 2.24) is 0 Å². The number of rotatable bonds is 2. The van der Waals surface area contributed by atoms with Gasteiger partial charge in [-0.05, 0) is 45.3 Å². The van der Waals surface area contributed by atoms with Crippen LogP contribution in [0, 0.1) is 0 Å². The number of furan rings is 1. The molecule has 0 bridgehead atoms. The van der Waals surface area contributed by atoms with Gasteiger partial charge in [-0.25, -0.2) is 0 Å². The molecule has 104 valence electrons. The summed E-state index contributed by atoms with van der Waals surface area (Å²) in [7, 11) is -0.374. The van der Waals surface area contributed by atoms with E-state index >= 15 is 0 Å². The Morgan fingerprint density at radius 2 is 1.50 bits per heavy atom. The maximum atomic E-state index is 6.12. The minimum Gasteiger partial charge on any atom is -0.464 e. The van der Waals surface area contributed by atoms with Gasteiger partial charge >= 0.3 is 7.12 Å². The lowest BCUT2D eigenvalue weighted by Gasteiger charge is -2.32. The zero-order chi connectivity index (χ0) is 14.4. The topological polar surface area (TPSA) is 31.6 Å². The van der Waals surface area contributed by atoms with E-state index < -0.39 is 0 Å². The molecule has 0 saturated carbocycles. The lowest BCUT2D eigenvalue weighted by molar-refractivity contribution is 0.00578. The molecule has 0 aliphatic carbocycles. The first-order chi connectivity index (χ1) is 9.41. The summed E-state index contributed by atoms with van der Waals surface area (Å²) >= 11 is 0. The molecule has 4 heteroatoms. The summed E-state index contributed by atoms with van der Waals surface area (Å²) in [6.07, 6.45) is 1.68. The molecule has 0 amide bonds. The minimum atomic E-state index is -0.374. The second-order valence-electron chi connectivity index (χ2n) is 6.15. The summed E-state index contributed by atoms with van der Waals surface area (Å²) in [6, 6.07) is 11.9.